The summed E-state index contributed by atoms with van der Waals surface area (Å²) in [6, 6.07) is 7.57. The fraction of sp³-hybridized carbons (Fsp3) is 0.417. The van der Waals surface area contributed by atoms with E-state index in [0.29, 0.717) is 13.0 Å². The smallest absolute Gasteiger partial charge is 0.308 e. The molecule has 0 aliphatic carbocycles. The van der Waals surface area contributed by atoms with Gasteiger partial charge in [-0.15, -0.1) is 0 Å². The zero-order valence-electron chi connectivity index (χ0n) is 9.19. The van der Waals surface area contributed by atoms with Gasteiger partial charge in [-0.25, -0.2) is 0 Å². The van der Waals surface area contributed by atoms with Crippen molar-refractivity contribution < 1.29 is 9.53 Å². The molecule has 0 aromatic heterocycles. The molecule has 0 aliphatic heterocycles. The summed E-state index contributed by atoms with van der Waals surface area (Å²) in [5.41, 5.74) is 7.44. The summed E-state index contributed by atoms with van der Waals surface area (Å²) >= 11 is 0. The second-order valence-electron chi connectivity index (χ2n) is 3.60. The number of carbonyl (C=O) groups excluding carboxylic acids is 1. The second kappa shape index (κ2) is 5.39. The minimum Gasteiger partial charge on any atom is -0.466 e. The Morgan fingerprint density at radius 1 is 1.53 bits per heavy atom. The fourth-order valence-electron chi connectivity index (χ4n) is 1.44. The molecule has 0 saturated carbocycles. The Morgan fingerprint density at radius 2 is 2.27 bits per heavy atom. The molecule has 1 aromatic rings. The van der Waals surface area contributed by atoms with Crippen molar-refractivity contribution in [1.29, 1.82) is 0 Å². The molecule has 1 atom stereocenters. The molecule has 0 radical (unpaired) electrons. The minimum atomic E-state index is -0.153. The van der Waals surface area contributed by atoms with E-state index in [0.717, 1.165) is 11.3 Å². The first-order valence-corrected chi connectivity index (χ1v) is 5.14. The van der Waals surface area contributed by atoms with Gasteiger partial charge in [-0.2, -0.15) is 0 Å². The maximum absolute atomic E-state index is 11.4. The number of nitrogen functional groups attached to an aromatic ring is 1. The van der Waals surface area contributed by atoms with Crippen molar-refractivity contribution in [1.82, 2.24) is 0 Å². The number of ether oxygens (including phenoxy) is 1. The van der Waals surface area contributed by atoms with Gasteiger partial charge in [0.15, 0.2) is 0 Å². The molecule has 0 saturated heterocycles. The first-order valence-electron chi connectivity index (χ1n) is 5.14. The predicted molar refractivity (Wildman–Crippen MR) is 60.4 cm³/mol. The lowest BCUT2D eigenvalue weighted by atomic mass is 10.0. The van der Waals surface area contributed by atoms with Crippen molar-refractivity contribution in [2.75, 3.05) is 12.3 Å². The lowest BCUT2D eigenvalue weighted by molar-refractivity contribution is -0.147. The molecule has 1 rings (SSSR count). The monoisotopic (exact) mass is 207 g/mol. The van der Waals surface area contributed by atoms with Crippen molar-refractivity contribution >= 4 is 11.7 Å². The van der Waals surface area contributed by atoms with Crippen LogP contribution in [0.5, 0.6) is 0 Å². The Morgan fingerprint density at radius 3 is 2.87 bits per heavy atom. The SMILES string of the molecule is CCOC(=O)C(C)Cc1cccc(N)c1. The topological polar surface area (TPSA) is 52.3 Å². The van der Waals surface area contributed by atoms with Crippen LogP contribution in [-0.4, -0.2) is 12.6 Å². The van der Waals surface area contributed by atoms with Gasteiger partial charge in [0.05, 0.1) is 12.5 Å². The highest BCUT2D eigenvalue weighted by molar-refractivity contribution is 5.72. The third kappa shape index (κ3) is 3.62. The summed E-state index contributed by atoms with van der Waals surface area (Å²) in [6.07, 6.45) is 0.671. The number of anilines is 1. The maximum Gasteiger partial charge on any atom is 0.308 e. The molecule has 0 aliphatic rings. The number of benzene rings is 1. The molecule has 0 fully saturated rings. The summed E-state index contributed by atoms with van der Waals surface area (Å²) in [4.78, 5) is 11.4. The third-order valence-corrected chi connectivity index (χ3v) is 2.18. The highest BCUT2D eigenvalue weighted by Crippen LogP contribution is 2.13. The van der Waals surface area contributed by atoms with Gasteiger partial charge in [-0.05, 0) is 31.0 Å². The summed E-state index contributed by atoms with van der Waals surface area (Å²) < 4.78 is 4.94. The molecule has 82 valence electrons. The van der Waals surface area contributed by atoms with E-state index in [1.807, 2.05) is 38.1 Å². The molecular weight excluding hydrogens is 190 g/mol. The van der Waals surface area contributed by atoms with Gasteiger partial charge in [-0.1, -0.05) is 19.1 Å². The molecule has 1 aromatic carbocycles. The molecular formula is C12H17NO2. The number of carbonyl (C=O) groups is 1. The molecule has 3 heteroatoms. The molecule has 2 N–H and O–H groups in total. The molecule has 1 unspecified atom stereocenters. The number of hydrogen-bond acceptors (Lipinski definition) is 3. The van der Waals surface area contributed by atoms with E-state index in [9.17, 15) is 4.79 Å². The first-order chi connectivity index (χ1) is 7.13. The van der Waals surface area contributed by atoms with Crippen LogP contribution in [0.15, 0.2) is 24.3 Å². The van der Waals surface area contributed by atoms with Gasteiger partial charge < -0.3 is 10.5 Å². The van der Waals surface area contributed by atoms with Crippen molar-refractivity contribution in [3.05, 3.63) is 29.8 Å². The van der Waals surface area contributed by atoms with Gasteiger partial charge in [0, 0.05) is 5.69 Å². The molecule has 0 bridgehead atoms. The van der Waals surface area contributed by atoms with Crippen LogP contribution in [0.1, 0.15) is 19.4 Å². The molecule has 0 spiro atoms. The van der Waals surface area contributed by atoms with Crippen molar-refractivity contribution in [3.63, 3.8) is 0 Å². The molecule has 0 heterocycles. The standard InChI is InChI=1S/C12H17NO2/c1-3-15-12(14)9(2)7-10-5-4-6-11(13)8-10/h4-6,8-9H,3,7,13H2,1-2H3. The quantitative estimate of drug-likeness (QED) is 0.607. The third-order valence-electron chi connectivity index (χ3n) is 2.18. The predicted octanol–water partition coefficient (Wildman–Crippen LogP) is 2.01. The van der Waals surface area contributed by atoms with Crippen LogP contribution in [0, 0.1) is 5.92 Å². The van der Waals surface area contributed by atoms with Crippen LogP contribution in [0.4, 0.5) is 5.69 Å². The highest BCUT2D eigenvalue weighted by Gasteiger charge is 2.14. The highest BCUT2D eigenvalue weighted by atomic mass is 16.5. The summed E-state index contributed by atoms with van der Waals surface area (Å²) in [5.74, 6) is -0.272. The number of rotatable bonds is 4. The van der Waals surface area contributed by atoms with E-state index >= 15 is 0 Å². The van der Waals surface area contributed by atoms with Crippen LogP contribution < -0.4 is 5.73 Å². The lowest BCUT2D eigenvalue weighted by Gasteiger charge is -2.10. The van der Waals surface area contributed by atoms with Crippen LogP contribution in [0.25, 0.3) is 0 Å². The zero-order valence-corrected chi connectivity index (χ0v) is 9.19. The van der Waals surface area contributed by atoms with E-state index in [-0.39, 0.29) is 11.9 Å². The normalized spacial score (nSPS) is 12.1. The summed E-state index contributed by atoms with van der Waals surface area (Å²) in [7, 11) is 0. The van der Waals surface area contributed by atoms with Gasteiger partial charge in [0.1, 0.15) is 0 Å². The summed E-state index contributed by atoms with van der Waals surface area (Å²) in [5, 5.41) is 0. The van der Waals surface area contributed by atoms with Gasteiger partial charge in [0.25, 0.3) is 0 Å². The van der Waals surface area contributed by atoms with E-state index < -0.39 is 0 Å². The number of hydrogen-bond donors (Lipinski definition) is 1. The van der Waals surface area contributed by atoms with Gasteiger partial charge in [-0.3, -0.25) is 4.79 Å². The molecule has 15 heavy (non-hydrogen) atoms. The van der Waals surface area contributed by atoms with E-state index in [1.54, 1.807) is 0 Å². The second-order valence-corrected chi connectivity index (χ2v) is 3.60. The van der Waals surface area contributed by atoms with Crippen LogP contribution >= 0.6 is 0 Å². The Kier molecular flexibility index (Phi) is 4.16. The summed E-state index contributed by atoms with van der Waals surface area (Å²) in [6.45, 7) is 4.10. The van der Waals surface area contributed by atoms with Gasteiger partial charge in [0.2, 0.25) is 0 Å². The van der Waals surface area contributed by atoms with Crippen molar-refractivity contribution in [2.24, 2.45) is 5.92 Å². The Hall–Kier alpha value is -1.51. The zero-order chi connectivity index (χ0) is 11.3. The van der Waals surface area contributed by atoms with Gasteiger partial charge >= 0.3 is 5.97 Å². The Bertz CT molecular complexity index is 336. The number of nitrogens with two attached hydrogens (primary N) is 1. The van der Waals surface area contributed by atoms with Crippen molar-refractivity contribution in [2.45, 2.75) is 20.3 Å². The average Bonchev–Trinajstić information content (AvgIpc) is 2.18. The van der Waals surface area contributed by atoms with Crippen molar-refractivity contribution in [3.8, 4) is 0 Å². The van der Waals surface area contributed by atoms with Crippen LogP contribution in [0.3, 0.4) is 0 Å². The minimum absolute atomic E-state index is 0.119. The Balaban J connectivity index is 2.58. The largest absolute Gasteiger partial charge is 0.466 e. The maximum atomic E-state index is 11.4. The molecule has 3 nitrogen and oxygen atoms in total. The van der Waals surface area contributed by atoms with Crippen LogP contribution in [0.2, 0.25) is 0 Å². The fourth-order valence-corrected chi connectivity index (χ4v) is 1.44. The average molecular weight is 207 g/mol. The van der Waals surface area contributed by atoms with E-state index in [2.05, 4.69) is 0 Å². The van der Waals surface area contributed by atoms with E-state index in [1.165, 1.54) is 0 Å². The Labute approximate surface area is 90.2 Å². The van der Waals surface area contributed by atoms with Crippen LogP contribution in [-0.2, 0) is 16.0 Å². The lowest BCUT2D eigenvalue weighted by Crippen LogP contribution is -2.16. The number of esters is 1. The van der Waals surface area contributed by atoms with E-state index in [4.69, 9.17) is 10.5 Å². The first kappa shape index (κ1) is 11.6. The molecule has 0 amide bonds.